The summed E-state index contributed by atoms with van der Waals surface area (Å²) in [5.41, 5.74) is 9.83. The molecule has 2 aromatic heterocycles. The van der Waals surface area contributed by atoms with Crippen LogP contribution in [0.15, 0.2) is 40.9 Å². The van der Waals surface area contributed by atoms with E-state index in [1.807, 2.05) is 43.5 Å². The zero-order valence-electron chi connectivity index (χ0n) is 13.6. The number of aromatic nitrogens is 3. The third-order valence-electron chi connectivity index (χ3n) is 4.32. The van der Waals surface area contributed by atoms with E-state index in [9.17, 15) is 0 Å². The van der Waals surface area contributed by atoms with Gasteiger partial charge in [0.15, 0.2) is 0 Å². The van der Waals surface area contributed by atoms with Crippen molar-refractivity contribution in [2.24, 2.45) is 0 Å². The second-order valence-electron chi connectivity index (χ2n) is 6.05. The Labute approximate surface area is 140 Å². The Balaban J connectivity index is 1.52. The number of oxazole rings is 1. The number of anilines is 1. The van der Waals surface area contributed by atoms with Crippen LogP contribution in [0.25, 0.3) is 11.5 Å². The predicted molar refractivity (Wildman–Crippen MR) is 90.9 cm³/mol. The number of nitrogen functional groups attached to an aromatic ring is 1. The fraction of sp³-hybridized carbons (Fsp3) is 0.278. The summed E-state index contributed by atoms with van der Waals surface area (Å²) in [5, 5.41) is 0. The first-order valence-electron chi connectivity index (χ1n) is 8.03. The van der Waals surface area contributed by atoms with Gasteiger partial charge in [0, 0.05) is 43.4 Å². The monoisotopic (exact) mass is 321 g/mol. The molecule has 3 heterocycles. The van der Waals surface area contributed by atoms with Crippen LogP contribution in [-0.4, -0.2) is 26.4 Å². The van der Waals surface area contributed by atoms with Gasteiger partial charge in [0.1, 0.15) is 5.76 Å². The molecule has 6 nitrogen and oxygen atoms in total. The Kier molecular flexibility index (Phi) is 3.74. The van der Waals surface area contributed by atoms with Crippen molar-refractivity contribution in [2.45, 2.75) is 26.4 Å². The van der Waals surface area contributed by atoms with Crippen LogP contribution < -0.4 is 5.73 Å². The molecule has 0 amide bonds. The molecule has 0 unspecified atom stereocenters. The molecule has 4 rings (SSSR count). The van der Waals surface area contributed by atoms with Crippen molar-refractivity contribution in [1.82, 2.24) is 19.9 Å². The van der Waals surface area contributed by atoms with Crippen LogP contribution in [0.5, 0.6) is 0 Å². The van der Waals surface area contributed by atoms with Gasteiger partial charge < -0.3 is 10.2 Å². The highest BCUT2D eigenvalue weighted by Crippen LogP contribution is 2.24. The van der Waals surface area contributed by atoms with Crippen molar-refractivity contribution >= 4 is 5.95 Å². The smallest absolute Gasteiger partial charge is 0.226 e. The largest absolute Gasteiger partial charge is 0.441 e. The topological polar surface area (TPSA) is 81.1 Å². The van der Waals surface area contributed by atoms with E-state index in [0.717, 1.165) is 54.3 Å². The third kappa shape index (κ3) is 2.88. The molecule has 1 aromatic carbocycles. The van der Waals surface area contributed by atoms with Gasteiger partial charge in [-0.25, -0.2) is 15.0 Å². The summed E-state index contributed by atoms with van der Waals surface area (Å²) < 4.78 is 5.85. The fourth-order valence-electron chi connectivity index (χ4n) is 3.02. The van der Waals surface area contributed by atoms with Crippen molar-refractivity contribution in [3.05, 3.63) is 59.2 Å². The molecule has 122 valence electrons. The summed E-state index contributed by atoms with van der Waals surface area (Å²) in [6.07, 6.45) is 2.71. The maximum Gasteiger partial charge on any atom is 0.226 e. The zero-order chi connectivity index (χ0) is 16.5. The number of benzene rings is 1. The van der Waals surface area contributed by atoms with Gasteiger partial charge in [0.25, 0.3) is 0 Å². The van der Waals surface area contributed by atoms with E-state index in [1.165, 1.54) is 0 Å². The van der Waals surface area contributed by atoms with Crippen LogP contribution in [0.2, 0.25) is 0 Å². The van der Waals surface area contributed by atoms with E-state index < -0.39 is 0 Å². The maximum atomic E-state index is 5.85. The minimum Gasteiger partial charge on any atom is -0.441 e. The molecular formula is C18H19N5O. The van der Waals surface area contributed by atoms with Gasteiger partial charge >= 0.3 is 0 Å². The van der Waals surface area contributed by atoms with E-state index in [-0.39, 0.29) is 0 Å². The molecule has 0 saturated heterocycles. The van der Waals surface area contributed by atoms with Crippen molar-refractivity contribution in [2.75, 3.05) is 12.3 Å². The molecule has 0 fully saturated rings. The van der Waals surface area contributed by atoms with Crippen LogP contribution in [-0.2, 0) is 19.5 Å². The average Bonchev–Trinajstić information content (AvgIpc) is 2.97. The molecule has 0 atom stereocenters. The van der Waals surface area contributed by atoms with E-state index in [4.69, 9.17) is 10.2 Å². The molecule has 0 spiro atoms. The molecule has 24 heavy (non-hydrogen) atoms. The van der Waals surface area contributed by atoms with Gasteiger partial charge in [-0.2, -0.15) is 0 Å². The number of rotatable bonds is 3. The summed E-state index contributed by atoms with van der Waals surface area (Å²) >= 11 is 0. The maximum absolute atomic E-state index is 5.85. The zero-order valence-corrected chi connectivity index (χ0v) is 13.6. The van der Waals surface area contributed by atoms with Crippen LogP contribution in [0.3, 0.4) is 0 Å². The molecule has 0 saturated carbocycles. The highest BCUT2D eigenvalue weighted by molar-refractivity contribution is 5.53. The van der Waals surface area contributed by atoms with Crippen molar-refractivity contribution in [3.8, 4) is 11.5 Å². The molecule has 3 aromatic rings. The van der Waals surface area contributed by atoms with Crippen LogP contribution in [0.1, 0.15) is 22.7 Å². The number of aryl methyl sites for hydroxylation is 1. The second kappa shape index (κ2) is 6.05. The Bertz CT molecular complexity index is 859. The van der Waals surface area contributed by atoms with Gasteiger partial charge in [-0.1, -0.05) is 18.2 Å². The van der Waals surface area contributed by atoms with Crippen molar-refractivity contribution in [3.63, 3.8) is 0 Å². The van der Waals surface area contributed by atoms with Gasteiger partial charge in [-0.15, -0.1) is 0 Å². The minimum absolute atomic E-state index is 0.349. The highest BCUT2D eigenvalue weighted by atomic mass is 16.4. The minimum atomic E-state index is 0.349. The summed E-state index contributed by atoms with van der Waals surface area (Å²) in [6.45, 7) is 4.46. The molecular weight excluding hydrogens is 302 g/mol. The fourth-order valence-corrected chi connectivity index (χ4v) is 3.02. The summed E-state index contributed by atoms with van der Waals surface area (Å²) in [6, 6.07) is 9.98. The summed E-state index contributed by atoms with van der Waals surface area (Å²) in [7, 11) is 0. The molecule has 2 N–H and O–H groups in total. The van der Waals surface area contributed by atoms with Crippen LogP contribution in [0, 0.1) is 6.92 Å². The lowest BCUT2D eigenvalue weighted by Crippen LogP contribution is -2.31. The summed E-state index contributed by atoms with van der Waals surface area (Å²) in [5.74, 6) is 1.90. The van der Waals surface area contributed by atoms with Gasteiger partial charge in [0.05, 0.1) is 11.4 Å². The third-order valence-corrected chi connectivity index (χ3v) is 4.32. The summed E-state index contributed by atoms with van der Waals surface area (Å²) in [4.78, 5) is 15.4. The molecule has 1 aliphatic heterocycles. The van der Waals surface area contributed by atoms with Crippen LogP contribution >= 0.6 is 0 Å². The molecule has 0 aliphatic carbocycles. The Hall–Kier alpha value is -2.73. The SMILES string of the molecule is Cc1oc(-c2ccccc2)nc1CN1CCc2nc(N)ncc2C1. The van der Waals surface area contributed by atoms with Gasteiger partial charge in [-0.05, 0) is 19.1 Å². The molecule has 6 heteroatoms. The molecule has 0 bridgehead atoms. The molecule has 1 aliphatic rings. The Morgan fingerprint density at radius 2 is 2.04 bits per heavy atom. The van der Waals surface area contributed by atoms with Crippen LogP contribution in [0.4, 0.5) is 5.95 Å². The predicted octanol–water partition coefficient (Wildman–Crippen LogP) is 2.58. The normalized spacial score (nSPS) is 14.5. The number of hydrogen-bond donors (Lipinski definition) is 1. The Morgan fingerprint density at radius 3 is 2.88 bits per heavy atom. The highest BCUT2D eigenvalue weighted by Gasteiger charge is 2.21. The van der Waals surface area contributed by atoms with E-state index >= 15 is 0 Å². The van der Waals surface area contributed by atoms with E-state index in [0.29, 0.717) is 11.8 Å². The van der Waals surface area contributed by atoms with E-state index in [2.05, 4.69) is 19.9 Å². The lowest BCUT2D eigenvalue weighted by Gasteiger charge is -2.27. The first-order valence-corrected chi connectivity index (χ1v) is 8.03. The standard InChI is InChI=1S/C18H19N5O/c1-12-16(21-17(24-12)13-5-3-2-4-6-13)11-23-8-7-15-14(10-23)9-20-18(19)22-15/h2-6,9H,7-8,10-11H2,1H3,(H2,19,20,22). The first-order chi connectivity index (χ1) is 11.7. The molecule has 0 radical (unpaired) electrons. The van der Waals surface area contributed by atoms with Crippen molar-refractivity contribution in [1.29, 1.82) is 0 Å². The lowest BCUT2D eigenvalue weighted by molar-refractivity contribution is 0.239. The lowest BCUT2D eigenvalue weighted by atomic mass is 10.1. The average molecular weight is 321 g/mol. The number of nitrogens with two attached hydrogens (primary N) is 1. The Morgan fingerprint density at radius 1 is 1.21 bits per heavy atom. The number of nitrogens with zero attached hydrogens (tertiary/aromatic N) is 4. The number of fused-ring (bicyclic) bond motifs is 1. The van der Waals surface area contributed by atoms with Crippen molar-refractivity contribution < 1.29 is 4.42 Å². The van der Waals surface area contributed by atoms with Gasteiger partial charge in [-0.3, -0.25) is 4.90 Å². The van der Waals surface area contributed by atoms with Gasteiger partial charge in [0.2, 0.25) is 11.8 Å². The first kappa shape index (κ1) is 14.8. The number of hydrogen-bond acceptors (Lipinski definition) is 6. The second-order valence-corrected chi connectivity index (χ2v) is 6.05. The quantitative estimate of drug-likeness (QED) is 0.798. The van der Waals surface area contributed by atoms with E-state index in [1.54, 1.807) is 0 Å².